The lowest BCUT2D eigenvalue weighted by molar-refractivity contribution is 1.20. The highest BCUT2D eigenvalue weighted by atomic mass is 15.1. The Morgan fingerprint density at radius 2 is 0.944 bits per heavy atom. The SMILES string of the molecule is Cc1ccc(N=Nc2ccc(C)c(C)c2)cc1C. The van der Waals surface area contributed by atoms with Gasteiger partial charge in [-0.3, -0.25) is 0 Å². The standard InChI is InChI=1S/C16H18N2/c1-11-5-7-15(9-13(11)3)17-18-16-8-6-12(2)14(4)10-16/h5-10H,1-4H3. The monoisotopic (exact) mass is 238 g/mol. The van der Waals surface area contributed by atoms with Crippen LogP contribution >= 0.6 is 0 Å². The fourth-order valence-corrected chi connectivity index (χ4v) is 1.69. The third kappa shape index (κ3) is 2.83. The van der Waals surface area contributed by atoms with Crippen LogP contribution in [0.4, 0.5) is 11.4 Å². The predicted molar refractivity (Wildman–Crippen MR) is 76.0 cm³/mol. The van der Waals surface area contributed by atoms with E-state index < -0.39 is 0 Å². The number of hydrogen-bond acceptors (Lipinski definition) is 2. The Bertz CT molecular complexity index is 545. The van der Waals surface area contributed by atoms with Crippen molar-refractivity contribution in [1.29, 1.82) is 0 Å². The summed E-state index contributed by atoms with van der Waals surface area (Å²) in [6.45, 7) is 8.37. The molecule has 0 radical (unpaired) electrons. The van der Waals surface area contributed by atoms with E-state index in [1.54, 1.807) is 0 Å². The summed E-state index contributed by atoms with van der Waals surface area (Å²) in [7, 11) is 0. The number of benzene rings is 2. The Balaban J connectivity index is 2.24. The normalized spacial score (nSPS) is 11.1. The molecule has 0 aliphatic heterocycles. The lowest BCUT2D eigenvalue weighted by atomic mass is 10.1. The van der Waals surface area contributed by atoms with Crippen LogP contribution in [0.25, 0.3) is 0 Å². The lowest BCUT2D eigenvalue weighted by Gasteiger charge is -2.01. The van der Waals surface area contributed by atoms with E-state index in [-0.39, 0.29) is 0 Å². The van der Waals surface area contributed by atoms with Gasteiger partial charge in [-0.1, -0.05) is 12.1 Å². The molecule has 0 heterocycles. The Hall–Kier alpha value is -1.96. The van der Waals surface area contributed by atoms with E-state index in [9.17, 15) is 0 Å². The summed E-state index contributed by atoms with van der Waals surface area (Å²) in [6.07, 6.45) is 0. The third-order valence-electron chi connectivity index (χ3n) is 3.26. The number of hydrogen-bond donors (Lipinski definition) is 0. The zero-order valence-electron chi connectivity index (χ0n) is 11.4. The highest BCUT2D eigenvalue weighted by molar-refractivity contribution is 5.46. The van der Waals surface area contributed by atoms with Gasteiger partial charge in [0.1, 0.15) is 0 Å². The maximum atomic E-state index is 4.27. The number of aryl methyl sites for hydroxylation is 4. The van der Waals surface area contributed by atoms with Crippen molar-refractivity contribution in [1.82, 2.24) is 0 Å². The topological polar surface area (TPSA) is 24.7 Å². The number of azo groups is 1. The molecule has 2 rings (SSSR count). The number of rotatable bonds is 2. The summed E-state index contributed by atoms with van der Waals surface area (Å²) in [5.74, 6) is 0. The molecule has 18 heavy (non-hydrogen) atoms. The molecule has 0 spiro atoms. The van der Waals surface area contributed by atoms with E-state index in [1.165, 1.54) is 22.3 Å². The second-order valence-corrected chi connectivity index (χ2v) is 4.74. The Morgan fingerprint density at radius 1 is 0.556 bits per heavy atom. The minimum Gasteiger partial charge on any atom is -0.151 e. The molecule has 0 N–H and O–H groups in total. The summed E-state index contributed by atoms with van der Waals surface area (Å²) >= 11 is 0. The number of nitrogens with zero attached hydrogens (tertiary/aromatic N) is 2. The van der Waals surface area contributed by atoms with Gasteiger partial charge in [0.05, 0.1) is 11.4 Å². The molecular weight excluding hydrogens is 220 g/mol. The predicted octanol–water partition coefficient (Wildman–Crippen LogP) is 5.34. The van der Waals surface area contributed by atoms with Gasteiger partial charge in [0.2, 0.25) is 0 Å². The first kappa shape index (κ1) is 12.5. The molecule has 0 saturated heterocycles. The summed E-state index contributed by atoms with van der Waals surface area (Å²) in [5, 5.41) is 8.55. The molecule has 0 aliphatic carbocycles. The first-order valence-corrected chi connectivity index (χ1v) is 6.12. The lowest BCUT2D eigenvalue weighted by Crippen LogP contribution is -1.79. The second kappa shape index (κ2) is 5.13. The molecule has 2 aromatic carbocycles. The van der Waals surface area contributed by atoms with Crippen LogP contribution in [-0.2, 0) is 0 Å². The summed E-state index contributed by atoms with van der Waals surface area (Å²) in [5.41, 5.74) is 6.84. The summed E-state index contributed by atoms with van der Waals surface area (Å²) in [4.78, 5) is 0. The third-order valence-corrected chi connectivity index (χ3v) is 3.26. The van der Waals surface area contributed by atoms with Crippen molar-refractivity contribution >= 4 is 11.4 Å². The van der Waals surface area contributed by atoms with E-state index in [0.29, 0.717) is 0 Å². The van der Waals surface area contributed by atoms with Crippen LogP contribution in [0.5, 0.6) is 0 Å². The van der Waals surface area contributed by atoms with Crippen molar-refractivity contribution < 1.29 is 0 Å². The van der Waals surface area contributed by atoms with Gasteiger partial charge >= 0.3 is 0 Å². The van der Waals surface area contributed by atoms with Gasteiger partial charge in [-0.2, -0.15) is 10.2 Å². The highest BCUT2D eigenvalue weighted by Gasteiger charge is 1.96. The Morgan fingerprint density at radius 3 is 1.28 bits per heavy atom. The molecule has 0 unspecified atom stereocenters. The van der Waals surface area contributed by atoms with Crippen LogP contribution in [0, 0.1) is 27.7 Å². The largest absolute Gasteiger partial charge is 0.151 e. The van der Waals surface area contributed by atoms with Gasteiger partial charge in [0.15, 0.2) is 0 Å². The van der Waals surface area contributed by atoms with Crippen molar-refractivity contribution in [2.24, 2.45) is 10.2 Å². The van der Waals surface area contributed by atoms with Crippen molar-refractivity contribution in [3.63, 3.8) is 0 Å². The van der Waals surface area contributed by atoms with E-state index >= 15 is 0 Å². The molecular formula is C16H18N2. The van der Waals surface area contributed by atoms with Crippen molar-refractivity contribution in [2.75, 3.05) is 0 Å². The molecule has 0 atom stereocenters. The smallest absolute Gasteiger partial charge is 0.0859 e. The molecule has 2 heteroatoms. The van der Waals surface area contributed by atoms with E-state index in [1.807, 2.05) is 12.1 Å². The average molecular weight is 238 g/mol. The first-order chi connectivity index (χ1) is 8.56. The van der Waals surface area contributed by atoms with Gasteiger partial charge in [0.25, 0.3) is 0 Å². The van der Waals surface area contributed by atoms with Gasteiger partial charge in [-0.25, -0.2) is 0 Å². The maximum absolute atomic E-state index is 4.27. The van der Waals surface area contributed by atoms with Crippen LogP contribution < -0.4 is 0 Å². The summed E-state index contributed by atoms with van der Waals surface area (Å²) in [6, 6.07) is 12.2. The molecule has 0 amide bonds. The quantitative estimate of drug-likeness (QED) is 0.631. The fraction of sp³-hybridized carbons (Fsp3) is 0.250. The first-order valence-electron chi connectivity index (χ1n) is 6.12. The highest BCUT2D eigenvalue weighted by Crippen LogP contribution is 2.22. The van der Waals surface area contributed by atoms with Gasteiger partial charge < -0.3 is 0 Å². The van der Waals surface area contributed by atoms with Crippen LogP contribution in [0.15, 0.2) is 46.6 Å². The minimum atomic E-state index is 0.899. The molecule has 0 saturated carbocycles. The van der Waals surface area contributed by atoms with Crippen molar-refractivity contribution in [3.05, 3.63) is 58.7 Å². The molecule has 92 valence electrons. The van der Waals surface area contributed by atoms with Crippen LogP contribution in [0.1, 0.15) is 22.3 Å². The molecule has 0 aromatic heterocycles. The Kier molecular flexibility index (Phi) is 3.56. The van der Waals surface area contributed by atoms with Gasteiger partial charge in [0, 0.05) is 0 Å². The van der Waals surface area contributed by atoms with Crippen LogP contribution in [0.2, 0.25) is 0 Å². The maximum Gasteiger partial charge on any atom is 0.0859 e. The fourth-order valence-electron chi connectivity index (χ4n) is 1.69. The summed E-state index contributed by atoms with van der Waals surface area (Å²) < 4.78 is 0. The average Bonchev–Trinajstić information content (AvgIpc) is 2.35. The second-order valence-electron chi connectivity index (χ2n) is 4.74. The van der Waals surface area contributed by atoms with Crippen LogP contribution in [0.3, 0.4) is 0 Å². The van der Waals surface area contributed by atoms with E-state index in [2.05, 4.69) is 62.2 Å². The minimum absolute atomic E-state index is 0.899. The zero-order chi connectivity index (χ0) is 13.1. The van der Waals surface area contributed by atoms with E-state index in [4.69, 9.17) is 0 Å². The van der Waals surface area contributed by atoms with Gasteiger partial charge in [-0.05, 0) is 74.2 Å². The van der Waals surface area contributed by atoms with E-state index in [0.717, 1.165) is 11.4 Å². The van der Waals surface area contributed by atoms with Crippen molar-refractivity contribution in [2.45, 2.75) is 27.7 Å². The molecule has 0 fully saturated rings. The molecule has 2 nitrogen and oxygen atoms in total. The molecule has 0 bridgehead atoms. The molecule has 0 aliphatic rings. The molecule has 2 aromatic rings. The van der Waals surface area contributed by atoms with Crippen LogP contribution in [-0.4, -0.2) is 0 Å². The van der Waals surface area contributed by atoms with Gasteiger partial charge in [-0.15, -0.1) is 0 Å². The zero-order valence-corrected chi connectivity index (χ0v) is 11.4. The Labute approximate surface area is 108 Å². The van der Waals surface area contributed by atoms with Crippen molar-refractivity contribution in [3.8, 4) is 0 Å².